The maximum Gasteiger partial charge on any atom is 0.137 e. The molecule has 1 aliphatic carbocycles. The van der Waals surface area contributed by atoms with E-state index in [4.69, 9.17) is 0 Å². The number of hydrogen-bond acceptors (Lipinski definition) is 4. The zero-order valence-corrected chi connectivity index (χ0v) is 10.8. The summed E-state index contributed by atoms with van der Waals surface area (Å²) in [5, 5.41) is 19.8. The molecule has 1 aromatic heterocycles. The van der Waals surface area contributed by atoms with Crippen molar-refractivity contribution in [3.8, 4) is 5.75 Å². The van der Waals surface area contributed by atoms with Crippen molar-refractivity contribution in [2.24, 2.45) is 0 Å². The lowest BCUT2D eigenvalue weighted by Crippen LogP contribution is -2.27. The van der Waals surface area contributed by atoms with Crippen LogP contribution in [0.4, 0.5) is 0 Å². The monoisotopic (exact) mass is 258 g/mol. The SMILES string of the molecule is Oc1ccc2c(c1)CCCC2NCCc1ncn[nH]1. The number of benzene rings is 1. The van der Waals surface area contributed by atoms with E-state index in [1.165, 1.54) is 17.5 Å². The Morgan fingerprint density at radius 2 is 2.37 bits per heavy atom. The lowest BCUT2D eigenvalue weighted by molar-refractivity contribution is 0.451. The van der Waals surface area contributed by atoms with Gasteiger partial charge in [-0.3, -0.25) is 5.10 Å². The van der Waals surface area contributed by atoms with Crippen molar-refractivity contribution in [2.75, 3.05) is 6.54 Å². The van der Waals surface area contributed by atoms with Crippen molar-refractivity contribution in [3.05, 3.63) is 41.5 Å². The number of aromatic amines is 1. The van der Waals surface area contributed by atoms with E-state index >= 15 is 0 Å². The average molecular weight is 258 g/mol. The fourth-order valence-electron chi connectivity index (χ4n) is 2.73. The van der Waals surface area contributed by atoms with Crippen molar-refractivity contribution in [1.29, 1.82) is 0 Å². The summed E-state index contributed by atoms with van der Waals surface area (Å²) in [5.41, 5.74) is 2.59. The molecule has 19 heavy (non-hydrogen) atoms. The number of phenolic OH excluding ortho intramolecular Hbond substituents is 1. The first-order valence-electron chi connectivity index (χ1n) is 6.72. The second kappa shape index (κ2) is 5.40. The summed E-state index contributed by atoms with van der Waals surface area (Å²) in [7, 11) is 0. The molecule has 1 aromatic carbocycles. The number of phenols is 1. The molecule has 2 aromatic rings. The number of aryl methyl sites for hydroxylation is 1. The Balaban J connectivity index is 1.63. The van der Waals surface area contributed by atoms with Crippen molar-refractivity contribution >= 4 is 0 Å². The standard InChI is InChI=1S/C14H18N4O/c19-11-4-5-12-10(8-11)2-1-3-13(12)15-7-6-14-16-9-17-18-14/h4-5,8-9,13,15,19H,1-3,6-7H2,(H,16,17,18). The van der Waals surface area contributed by atoms with Crippen molar-refractivity contribution in [1.82, 2.24) is 20.5 Å². The van der Waals surface area contributed by atoms with Crippen LogP contribution in [0.1, 0.15) is 35.8 Å². The summed E-state index contributed by atoms with van der Waals surface area (Å²) < 4.78 is 0. The third-order valence-electron chi connectivity index (χ3n) is 3.66. The molecular weight excluding hydrogens is 240 g/mol. The normalized spacial score (nSPS) is 18.2. The number of H-pyrrole nitrogens is 1. The van der Waals surface area contributed by atoms with Crippen LogP contribution >= 0.6 is 0 Å². The molecule has 3 rings (SSSR count). The largest absolute Gasteiger partial charge is 0.508 e. The van der Waals surface area contributed by atoms with E-state index in [9.17, 15) is 5.11 Å². The molecule has 1 unspecified atom stereocenters. The Kier molecular flexibility index (Phi) is 3.46. The first-order valence-corrected chi connectivity index (χ1v) is 6.72. The fraction of sp³-hybridized carbons (Fsp3) is 0.429. The second-order valence-corrected chi connectivity index (χ2v) is 4.96. The molecule has 100 valence electrons. The van der Waals surface area contributed by atoms with Gasteiger partial charge in [-0.1, -0.05) is 6.07 Å². The summed E-state index contributed by atoms with van der Waals surface area (Å²) in [6.45, 7) is 0.875. The van der Waals surface area contributed by atoms with E-state index in [0.29, 0.717) is 11.8 Å². The Labute approximate surface area is 112 Å². The molecule has 5 heteroatoms. The molecule has 0 spiro atoms. The quantitative estimate of drug-likeness (QED) is 0.780. The number of fused-ring (bicyclic) bond motifs is 1. The first kappa shape index (κ1) is 12.2. The third kappa shape index (κ3) is 2.76. The topological polar surface area (TPSA) is 73.8 Å². The van der Waals surface area contributed by atoms with E-state index in [1.54, 1.807) is 6.07 Å². The molecule has 0 amide bonds. The van der Waals surface area contributed by atoms with Crippen LogP contribution in [0.15, 0.2) is 24.5 Å². The minimum atomic E-state index is 0.362. The van der Waals surface area contributed by atoms with Crippen LogP contribution in [0.5, 0.6) is 5.75 Å². The summed E-state index contributed by atoms with van der Waals surface area (Å²) in [6, 6.07) is 6.08. The highest BCUT2D eigenvalue weighted by Gasteiger charge is 2.19. The van der Waals surface area contributed by atoms with E-state index in [2.05, 4.69) is 20.5 Å². The Morgan fingerprint density at radius 1 is 1.42 bits per heavy atom. The number of nitrogens with zero attached hydrogens (tertiary/aromatic N) is 2. The van der Waals surface area contributed by atoms with Gasteiger partial charge < -0.3 is 10.4 Å². The van der Waals surface area contributed by atoms with Crippen LogP contribution in [0.3, 0.4) is 0 Å². The molecule has 0 saturated carbocycles. The molecular formula is C14H18N4O. The van der Waals surface area contributed by atoms with Gasteiger partial charge in [-0.2, -0.15) is 5.10 Å². The van der Waals surface area contributed by atoms with E-state index in [0.717, 1.165) is 38.1 Å². The van der Waals surface area contributed by atoms with Crippen LogP contribution in [0.25, 0.3) is 0 Å². The predicted molar refractivity (Wildman–Crippen MR) is 71.9 cm³/mol. The second-order valence-electron chi connectivity index (χ2n) is 4.96. The van der Waals surface area contributed by atoms with E-state index < -0.39 is 0 Å². The molecule has 3 N–H and O–H groups in total. The van der Waals surface area contributed by atoms with Crippen LogP contribution in [-0.2, 0) is 12.8 Å². The van der Waals surface area contributed by atoms with Gasteiger partial charge in [0.05, 0.1) is 0 Å². The zero-order valence-electron chi connectivity index (χ0n) is 10.8. The highest BCUT2D eigenvalue weighted by Crippen LogP contribution is 2.31. The minimum absolute atomic E-state index is 0.362. The average Bonchev–Trinajstić information content (AvgIpc) is 2.92. The predicted octanol–water partition coefficient (Wildman–Crippen LogP) is 1.72. The summed E-state index contributed by atoms with van der Waals surface area (Å²) in [4.78, 5) is 4.12. The van der Waals surface area contributed by atoms with Crippen molar-refractivity contribution < 1.29 is 5.11 Å². The summed E-state index contributed by atoms with van der Waals surface area (Å²) >= 11 is 0. The summed E-state index contributed by atoms with van der Waals surface area (Å²) in [5.74, 6) is 1.27. The van der Waals surface area contributed by atoms with E-state index in [1.807, 2.05) is 12.1 Å². The smallest absolute Gasteiger partial charge is 0.137 e. The van der Waals surface area contributed by atoms with Gasteiger partial charge >= 0.3 is 0 Å². The van der Waals surface area contributed by atoms with Gasteiger partial charge in [0.2, 0.25) is 0 Å². The molecule has 0 radical (unpaired) electrons. The molecule has 0 bridgehead atoms. The molecule has 1 atom stereocenters. The highest BCUT2D eigenvalue weighted by molar-refractivity contribution is 5.38. The number of aromatic hydroxyl groups is 1. The van der Waals surface area contributed by atoms with Crippen LogP contribution in [0, 0.1) is 0 Å². The van der Waals surface area contributed by atoms with Crippen LogP contribution in [-0.4, -0.2) is 26.8 Å². The molecule has 0 aliphatic heterocycles. The van der Waals surface area contributed by atoms with E-state index in [-0.39, 0.29) is 0 Å². The van der Waals surface area contributed by atoms with Crippen molar-refractivity contribution in [3.63, 3.8) is 0 Å². The fourth-order valence-corrected chi connectivity index (χ4v) is 2.73. The van der Waals surface area contributed by atoms with Crippen LogP contribution in [0.2, 0.25) is 0 Å². The molecule has 1 aliphatic rings. The maximum atomic E-state index is 9.54. The minimum Gasteiger partial charge on any atom is -0.508 e. The highest BCUT2D eigenvalue weighted by atomic mass is 16.3. The van der Waals surface area contributed by atoms with Gasteiger partial charge in [0, 0.05) is 19.0 Å². The van der Waals surface area contributed by atoms with Crippen molar-refractivity contribution in [2.45, 2.75) is 31.7 Å². The first-order chi connectivity index (χ1) is 9.33. The Morgan fingerprint density at radius 3 is 3.21 bits per heavy atom. The molecule has 1 heterocycles. The number of rotatable bonds is 4. The molecule has 5 nitrogen and oxygen atoms in total. The van der Waals surface area contributed by atoms with Gasteiger partial charge in [-0.05, 0) is 42.5 Å². The Bertz CT molecular complexity index is 538. The lowest BCUT2D eigenvalue weighted by Gasteiger charge is -2.26. The molecule has 0 fully saturated rings. The maximum absolute atomic E-state index is 9.54. The van der Waals surface area contributed by atoms with Gasteiger partial charge in [-0.15, -0.1) is 0 Å². The third-order valence-corrected chi connectivity index (χ3v) is 3.66. The van der Waals surface area contributed by atoms with Crippen LogP contribution < -0.4 is 5.32 Å². The lowest BCUT2D eigenvalue weighted by atomic mass is 9.87. The number of nitrogens with one attached hydrogen (secondary N) is 2. The number of hydrogen-bond donors (Lipinski definition) is 3. The van der Waals surface area contributed by atoms with Gasteiger partial charge in [0.15, 0.2) is 0 Å². The molecule has 0 saturated heterocycles. The van der Waals surface area contributed by atoms with Gasteiger partial charge in [0.1, 0.15) is 17.9 Å². The Hall–Kier alpha value is -1.88. The van der Waals surface area contributed by atoms with Gasteiger partial charge in [0.25, 0.3) is 0 Å². The number of aromatic nitrogens is 3. The zero-order chi connectivity index (χ0) is 13.1. The summed E-state index contributed by atoms with van der Waals surface area (Å²) in [6.07, 6.45) is 5.76. The van der Waals surface area contributed by atoms with Gasteiger partial charge in [-0.25, -0.2) is 4.98 Å².